The first-order valence-electron chi connectivity index (χ1n) is 7.98. The second-order valence-corrected chi connectivity index (χ2v) is 7.16. The lowest BCUT2D eigenvalue weighted by atomic mass is 10.1. The molecule has 0 heterocycles. The van der Waals surface area contributed by atoms with Gasteiger partial charge in [-0.15, -0.1) is 0 Å². The van der Waals surface area contributed by atoms with Crippen molar-refractivity contribution in [2.45, 2.75) is 51.7 Å². The first-order valence-corrected chi connectivity index (χ1v) is 8.77. The van der Waals surface area contributed by atoms with Crippen LogP contribution in [0.25, 0.3) is 0 Å². The third kappa shape index (κ3) is 4.06. The minimum absolute atomic E-state index is 0.865. The van der Waals surface area contributed by atoms with Crippen molar-refractivity contribution in [1.82, 2.24) is 10.2 Å². The first-order chi connectivity index (χ1) is 9.76. The average molecular weight is 337 g/mol. The molecular weight excluding hydrogens is 312 g/mol. The predicted octanol–water partition coefficient (Wildman–Crippen LogP) is 3.93. The molecule has 110 valence electrons. The quantitative estimate of drug-likeness (QED) is 0.773. The molecule has 0 aromatic heterocycles. The molecule has 0 saturated heterocycles. The number of hydrogen-bond donors (Lipinski definition) is 1. The van der Waals surface area contributed by atoms with Gasteiger partial charge in [0.25, 0.3) is 0 Å². The summed E-state index contributed by atoms with van der Waals surface area (Å²) in [7, 11) is 0. The second-order valence-electron chi connectivity index (χ2n) is 6.31. The van der Waals surface area contributed by atoms with Gasteiger partial charge in [0.1, 0.15) is 0 Å². The minimum Gasteiger partial charge on any atom is -0.313 e. The maximum absolute atomic E-state index is 3.76. The molecule has 0 unspecified atom stereocenters. The average Bonchev–Trinajstić information content (AvgIpc) is 3.30. The van der Waals surface area contributed by atoms with Gasteiger partial charge in [-0.05, 0) is 55.3 Å². The lowest BCUT2D eigenvalue weighted by Crippen LogP contribution is -2.28. The van der Waals surface area contributed by atoms with Crippen molar-refractivity contribution in [3.05, 3.63) is 33.8 Å². The zero-order valence-corrected chi connectivity index (χ0v) is 14.0. The van der Waals surface area contributed by atoms with E-state index in [2.05, 4.69) is 51.3 Å². The zero-order valence-electron chi connectivity index (χ0n) is 12.4. The van der Waals surface area contributed by atoms with Gasteiger partial charge >= 0.3 is 0 Å². The Bertz CT molecular complexity index is 452. The standard InChI is InChI=1S/C17H25BrN2/c1-2-19-10-14-5-6-15(17(18)9-14)12-20(16-7-8-16)11-13-3-4-13/h5-6,9,13,16,19H,2-4,7-8,10-12H2,1H3. The number of rotatable bonds is 8. The van der Waals surface area contributed by atoms with Crippen LogP contribution in [0.1, 0.15) is 43.7 Å². The van der Waals surface area contributed by atoms with Gasteiger partial charge < -0.3 is 5.32 Å². The van der Waals surface area contributed by atoms with Crippen LogP contribution < -0.4 is 5.32 Å². The molecule has 0 bridgehead atoms. The van der Waals surface area contributed by atoms with E-state index in [1.165, 1.54) is 47.8 Å². The van der Waals surface area contributed by atoms with Gasteiger partial charge in [0.2, 0.25) is 0 Å². The topological polar surface area (TPSA) is 15.3 Å². The molecule has 20 heavy (non-hydrogen) atoms. The van der Waals surface area contributed by atoms with E-state index in [0.717, 1.165) is 31.6 Å². The Morgan fingerprint density at radius 2 is 2.05 bits per heavy atom. The summed E-state index contributed by atoms with van der Waals surface area (Å²) < 4.78 is 1.27. The van der Waals surface area contributed by atoms with Crippen molar-refractivity contribution >= 4 is 15.9 Å². The Morgan fingerprint density at radius 1 is 1.25 bits per heavy atom. The van der Waals surface area contributed by atoms with Crippen molar-refractivity contribution in [3.63, 3.8) is 0 Å². The van der Waals surface area contributed by atoms with Crippen LogP contribution in [0.3, 0.4) is 0 Å². The number of hydrogen-bond acceptors (Lipinski definition) is 2. The number of nitrogens with one attached hydrogen (secondary N) is 1. The van der Waals surface area contributed by atoms with E-state index in [-0.39, 0.29) is 0 Å². The Hall–Kier alpha value is -0.380. The highest BCUT2D eigenvalue weighted by Crippen LogP contribution is 2.36. The van der Waals surface area contributed by atoms with Gasteiger partial charge in [-0.1, -0.05) is 35.0 Å². The monoisotopic (exact) mass is 336 g/mol. The van der Waals surface area contributed by atoms with Gasteiger partial charge in [-0.2, -0.15) is 0 Å². The van der Waals surface area contributed by atoms with Crippen LogP contribution >= 0.6 is 15.9 Å². The molecule has 1 aromatic carbocycles. The number of halogens is 1. The summed E-state index contributed by atoms with van der Waals surface area (Å²) in [6.45, 7) is 6.56. The smallest absolute Gasteiger partial charge is 0.0247 e. The van der Waals surface area contributed by atoms with E-state index >= 15 is 0 Å². The van der Waals surface area contributed by atoms with Crippen LogP contribution in [0, 0.1) is 5.92 Å². The Balaban J connectivity index is 1.62. The molecule has 0 amide bonds. The summed E-state index contributed by atoms with van der Waals surface area (Å²) in [5, 5.41) is 3.38. The van der Waals surface area contributed by atoms with Gasteiger partial charge in [-0.25, -0.2) is 0 Å². The van der Waals surface area contributed by atoms with E-state index in [1.807, 2.05) is 0 Å². The summed E-state index contributed by atoms with van der Waals surface area (Å²) in [5.74, 6) is 0.988. The van der Waals surface area contributed by atoms with E-state index < -0.39 is 0 Å². The van der Waals surface area contributed by atoms with E-state index in [1.54, 1.807) is 0 Å². The maximum atomic E-state index is 3.76. The van der Waals surface area contributed by atoms with Crippen LogP contribution in [-0.2, 0) is 13.1 Å². The third-order valence-corrected chi connectivity index (χ3v) is 5.06. The SMILES string of the molecule is CCNCc1ccc(CN(CC2CC2)C2CC2)c(Br)c1. The number of benzene rings is 1. The number of nitrogens with zero attached hydrogens (tertiary/aromatic N) is 1. The van der Waals surface area contributed by atoms with Crippen molar-refractivity contribution in [3.8, 4) is 0 Å². The molecule has 2 saturated carbocycles. The molecule has 0 spiro atoms. The van der Waals surface area contributed by atoms with Crippen molar-refractivity contribution in [1.29, 1.82) is 0 Å². The molecule has 3 heteroatoms. The molecule has 2 nitrogen and oxygen atoms in total. The van der Waals surface area contributed by atoms with Crippen molar-refractivity contribution in [2.75, 3.05) is 13.1 Å². The van der Waals surface area contributed by atoms with Crippen LogP contribution in [0.5, 0.6) is 0 Å². The summed E-state index contributed by atoms with van der Waals surface area (Å²) in [5.41, 5.74) is 2.81. The molecule has 0 atom stereocenters. The molecule has 0 radical (unpaired) electrons. The van der Waals surface area contributed by atoms with Crippen LogP contribution in [0.2, 0.25) is 0 Å². The second kappa shape index (κ2) is 6.59. The van der Waals surface area contributed by atoms with Crippen molar-refractivity contribution < 1.29 is 0 Å². The highest BCUT2D eigenvalue weighted by Gasteiger charge is 2.33. The first kappa shape index (κ1) is 14.6. The zero-order chi connectivity index (χ0) is 13.9. The van der Waals surface area contributed by atoms with Crippen LogP contribution in [0.15, 0.2) is 22.7 Å². The van der Waals surface area contributed by atoms with E-state index in [0.29, 0.717) is 0 Å². The summed E-state index contributed by atoms with van der Waals surface area (Å²) in [6.07, 6.45) is 5.71. The highest BCUT2D eigenvalue weighted by atomic mass is 79.9. The third-order valence-electron chi connectivity index (χ3n) is 4.32. The normalized spacial score (nSPS) is 18.8. The largest absolute Gasteiger partial charge is 0.313 e. The maximum Gasteiger partial charge on any atom is 0.0247 e. The molecule has 2 aliphatic carbocycles. The van der Waals surface area contributed by atoms with Crippen molar-refractivity contribution in [2.24, 2.45) is 5.92 Å². The minimum atomic E-state index is 0.865. The van der Waals surface area contributed by atoms with E-state index in [9.17, 15) is 0 Å². The summed E-state index contributed by atoms with van der Waals surface area (Å²) >= 11 is 3.76. The fourth-order valence-corrected chi connectivity index (χ4v) is 3.28. The molecule has 1 aromatic rings. The molecule has 1 N–H and O–H groups in total. The van der Waals surface area contributed by atoms with Crippen LogP contribution in [0.4, 0.5) is 0 Å². The fraction of sp³-hybridized carbons (Fsp3) is 0.647. The highest BCUT2D eigenvalue weighted by molar-refractivity contribution is 9.10. The fourth-order valence-electron chi connectivity index (χ4n) is 2.73. The Morgan fingerprint density at radius 3 is 2.65 bits per heavy atom. The summed E-state index contributed by atoms with van der Waals surface area (Å²) in [4.78, 5) is 2.71. The lowest BCUT2D eigenvalue weighted by Gasteiger charge is -2.22. The molecular formula is C17H25BrN2. The summed E-state index contributed by atoms with van der Waals surface area (Å²) in [6, 6.07) is 7.72. The van der Waals surface area contributed by atoms with Gasteiger partial charge in [0, 0.05) is 30.1 Å². The van der Waals surface area contributed by atoms with E-state index in [4.69, 9.17) is 0 Å². The van der Waals surface area contributed by atoms with Gasteiger partial charge in [0.15, 0.2) is 0 Å². The molecule has 0 aliphatic heterocycles. The molecule has 2 aliphatic rings. The van der Waals surface area contributed by atoms with Crippen LogP contribution in [-0.4, -0.2) is 24.0 Å². The predicted molar refractivity (Wildman–Crippen MR) is 87.7 cm³/mol. The Labute approximate surface area is 131 Å². The van der Waals surface area contributed by atoms with Gasteiger partial charge in [0.05, 0.1) is 0 Å². The molecule has 2 fully saturated rings. The van der Waals surface area contributed by atoms with Gasteiger partial charge in [-0.3, -0.25) is 4.90 Å². The molecule has 3 rings (SSSR count). The lowest BCUT2D eigenvalue weighted by molar-refractivity contribution is 0.243. The Kier molecular flexibility index (Phi) is 4.79.